The van der Waals surface area contributed by atoms with Crippen LogP contribution in [0.5, 0.6) is 0 Å². The minimum absolute atomic E-state index is 0.0111. The predicted molar refractivity (Wildman–Crippen MR) is 95.4 cm³/mol. The van der Waals surface area contributed by atoms with E-state index in [1.165, 1.54) is 0 Å². The lowest BCUT2D eigenvalue weighted by molar-refractivity contribution is -0.132. The minimum Gasteiger partial charge on any atom is -0.458 e. The number of fused-ring (bicyclic) bond motifs is 1. The molecule has 1 aromatic carbocycles. The van der Waals surface area contributed by atoms with Crippen molar-refractivity contribution in [3.8, 4) is 0 Å². The molecule has 27 heavy (non-hydrogen) atoms. The Balaban J connectivity index is 1.61. The molecule has 1 N–H and O–H groups in total. The Bertz CT molecular complexity index is 976. The molecular weight excluding hydrogens is 348 g/mol. The van der Waals surface area contributed by atoms with Crippen molar-refractivity contribution < 1.29 is 14.0 Å². The van der Waals surface area contributed by atoms with Gasteiger partial charge in [-0.05, 0) is 35.9 Å². The van der Waals surface area contributed by atoms with E-state index < -0.39 is 17.5 Å². The first-order chi connectivity index (χ1) is 13.0. The smallest absolute Gasteiger partial charge is 0.325 e. The number of aromatic nitrogens is 4. The molecule has 0 aliphatic carbocycles. The van der Waals surface area contributed by atoms with Crippen LogP contribution in [0.4, 0.5) is 4.79 Å². The highest BCUT2D eigenvalue weighted by atomic mass is 16.3. The predicted octanol–water partition coefficient (Wildman–Crippen LogP) is 2.19. The van der Waals surface area contributed by atoms with Gasteiger partial charge < -0.3 is 9.73 Å². The van der Waals surface area contributed by atoms with Crippen molar-refractivity contribution in [2.45, 2.75) is 45.3 Å². The number of imide groups is 1. The molecule has 140 valence electrons. The summed E-state index contributed by atoms with van der Waals surface area (Å²) >= 11 is 0. The molecule has 0 radical (unpaired) electrons. The fraction of sp³-hybridized carbons (Fsp3) is 0.389. The van der Waals surface area contributed by atoms with Gasteiger partial charge in [-0.1, -0.05) is 31.5 Å². The third-order valence-corrected chi connectivity index (χ3v) is 4.82. The highest BCUT2D eigenvalue weighted by Gasteiger charge is 2.51. The Labute approximate surface area is 155 Å². The van der Waals surface area contributed by atoms with Crippen molar-refractivity contribution in [1.29, 1.82) is 0 Å². The number of benzene rings is 1. The molecular formula is C18H20N6O3. The molecule has 9 nitrogen and oxygen atoms in total. The van der Waals surface area contributed by atoms with Gasteiger partial charge >= 0.3 is 6.03 Å². The normalized spacial score (nSPS) is 19.9. The van der Waals surface area contributed by atoms with Gasteiger partial charge in [-0.15, -0.1) is 5.10 Å². The summed E-state index contributed by atoms with van der Waals surface area (Å²) in [6.07, 6.45) is 1.90. The van der Waals surface area contributed by atoms with Crippen LogP contribution in [0, 0.1) is 0 Å². The van der Waals surface area contributed by atoms with Crippen LogP contribution in [-0.4, -0.2) is 37.0 Å². The zero-order valence-corrected chi connectivity index (χ0v) is 15.2. The number of tetrazole rings is 1. The summed E-state index contributed by atoms with van der Waals surface area (Å²) in [7, 11) is 0. The molecule has 2 aromatic heterocycles. The van der Waals surface area contributed by atoms with E-state index in [1.54, 1.807) is 17.7 Å². The molecule has 1 fully saturated rings. The monoisotopic (exact) mass is 368 g/mol. The maximum absolute atomic E-state index is 13.1. The number of urea groups is 1. The fourth-order valence-electron chi connectivity index (χ4n) is 3.20. The zero-order chi connectivity index (χ0) is 19.0. The Kier molecular flexibility index (Phi) is 4.14. The minimum atomic E-state index is -1.27. The number of para-hydroxylation sites is 1. The molecule has 9 heteroatoms. The molecule has 1 saturated heterocycles. The van der Waals surface area contributed by atoms with Crippen molar-refractivity contribution in [2.24, 2.45) is 0 Å². The number of unbranched alkanes of at least 4 members (excludes halogenated alkanes) is 1. The second-order valence-electron chi connectivity index (χ2n) is 6.77. The second kappa shape index (κ2) is 6.49. The van der Waals surface area contributed by atoms with Crippen LogP contribution in [0.1, 0.15) is 38.3 Å². The molecule has 0 spiro atoms. The van der Waals surface area contributed by atoms with Crippen LogP contribution in [0.2, 0.25) is 0 Å². The van der Waals surface area contributed by atoms with Gasteiger partial charge in [-0.2, -0.15) is 0 Å². The Morgan fingerprint density at radius 1 is 1.26 bits per heavy atom. The van der Waals surface area contributed by atoms with Crippen molar-refractivity contribution in [2.75, 3.05) is 0 Å². The van der Waals surface area contributed by atoms with E-state index in [9.17, 15) is 9.59 Å². The maximum atomic E-state index is 13.1. The number of hydrogen-bond acceptors (Lipinski definition) is 6. The summed E-state index contributed by atoms with van der Waals surface area (Å²) in [5.74, 6) is 0.479. The number of rotatable bonds is 6. The maximum Gasteiger partial charge on any atom is 0.325 e. The average molecular weight is 368 g/mol. The number of nitrogens with one attached hydrogen (secondary N) is 1. The molecule has 1 aliphatic heterocycles. The quantitative estimate of drug-likeness (QED) is 0.669. The second-order valence-corrected chi connectivity index (χ2v) is 6.77. The van der Waals surface area contributed by atoms with Crippen molar-refractivity contribution in [1.82, 2.24) is 30.4 Å². The van der Waals surface area contributed by atoms with E-state index in [4.69, 9.17) is 4.42 Å². The molecule has 3 heterocycles. The lowest BCUT2D eigenvalue weighted by Crippen LogP contribution is -2.40. The van der Waals surface area contributed by atoms with E-state index in [2.05, 4.69) is 27.8 Å². The third-order valence-electron chi connectivity index (χ3n) is 4.82. The Morgan fingerprint density at radius 2 is 2.07 bits per heavy atom. The first-order valence-corrected chi connectivity index (χ1v) is 8.91. The fourth-order valence-corrected chi connectivity index (χ4v) is 3.20. The standard InChI is InChI=1S/C18H20N6O3/c1-3-4-9-24-15(20-21-22-24)11-23-16(25)18(2,19-17(23)26)14-10-12-7-5-6-8-13(12)27-14/h5-8,10H,3-4,9,11H2,1-2H3,(H,19,26)/t18-/m1/s1. The van der Waals surface area contributed by atoms with E-state index in [0.717, 1.165) is 23.1 Å². The van der Waals surface area contributed by atoms with Gasteiger partial charge in [0.25, 0.3) is 5.91 Å². The third kappa shape index (κ3) is 2.84. The zero-order valence-electron chi connectivity index (χ0n) is 15.2. The van der Waals surface area contributed by atoms with Gasteiger partial charge in [0.1, 0.15) is 11.3 Å². The number of carbonyl (C=O) groups is 2. The van der Waals surface area contributed by atoms with Crippen molar-refractivity contribution >= 4 is 22.9 Å². The number of furan rings is 1. The first-order valence-electron chi connectivity index (χ1n) is 8.91. The van der Waals surface area contributed by atoms with Crippen LogP contribution in [-0.2, 0) is 23.4 Å². The topological polar surface area (TPSA) is 106 Å². The molecule has 1 aliphatic rings. The summed E-state index contributed by atoms with van der Waals surface area (Å²) in [6, 6.07) is 8.75. The molecule has 0 saturated carbocycles. The molecule has 3 aromatic rings. The van der Waals surface area contributed by atoms with Gasteiger partial charge in [0.05, 0.1) is 6.54 Å². The van der Waals surface area contributed by atoms with Crippen LogP contribution >= 0.6 is 0 Å². The average Bonchev–Trinajstić information content (AvgIpc) is 3.34. The molecule has 0 bridgehead atoms. The Morgan fingerprint density at radius 3 is 2.85 bits per heavy atom. The highest BCUT2D eigenvalue weighted by Crippen LogP contribution is 2.33. The van der Waals surface area contributed by atoms with E-state index in [-0.39, 0.29) is 6.54 Å². The van der Waals surface area contributed by atoms with Crippen LogP contribution in [0.25, 0.3) is 11.0 Å². The van der Waals surface area contributed by atoms with Crippen molar-refractivity contribution in [3.05, 3.63) is 41.9 Å². The van der Waals surface area contributed by atoms with Gasteiger partial charge in [0, 0.05) is 11.9 Å². The summed E-state index contributed by atoms with van der Waals surface area (Å²) in [5.41, 5.74) is -0.602. The molecule has 3 amide bonds. The van der Waals surface area contributed by atoms with Gasteiger partial charge in [-0.25, -0.2) is 9.48 Å². The SMILES string of the molecule is CCCCn1nnnc1CN1C(=O)N[C@](C)(c2cc3ccccc3o2)C1=O. The van der Waals surface area contributed by atoms with Crippen LogP contribution in [0.3, 0.4) is 0 Å². The molecule has 1 atom stereocenters. The lowest BCUT2D eigenvalue weighted by Gasteiger charge is -2.18. The summed E-state index contributed by atoms with van der Waals surface area (Å²) in [4.78, 5) is 26.7. The number of carbonyl (C=O) groups excluding carboxylic acids is 2. The van der Waals surface area contributed by atoms with Gasteiger partial charge in [0.2, 0.25) is 0 Å². The van der Waals surface area contributed by atoms with Crippen LogP contribution < -0.4 is 5.32 Å². The van der Waals surface area contributed by atoms with E-state index in [1.807, 2.05) is 24.3 Å². The number of nitrogens with zero attached hydrogens (tertiary/aromatic N) is 5. The molecule has 0 unspecified atom stereocenters. The lowest BCUT2D eigenvalue weighted by atomic mass is 9.99. The number of hydrogen-bond donors (Lipinski definition) is 1. The summed E-state index contributed by atoms with van der Waals surface area (Å²) in [5, 5.41) is 15.2. The largest absolute Gasteiger partial charge is 0.458 e. The Hall–Kier alpha value is -3.23. The number of amides is 3. The van der Waals surface area contributed by atoms with Gasteiger partial charge in [-0.3, -0.25) is 9.69 Å². The summed E-state index contributed by atoms with van der Waals surface area (Å²) in [6.45, 7) is 4.37. The van der Waals surface area contributed by atoms with Crippen molar-refractivity contribution in [3.63, 3.8) is 0 Å². The van der Waals surface area contributed by atoms with Crippen LogP contribution in [0.15, 0.2) is 34.7 Å². The van der Waals surface area contributed by atoms with E-state index in [0.29, 0.717) is 23.7 Å². The van der Waals surface area contributed by atoms with E-state index >= 15 is 0 Å². The molecule has 4 rings (SSSR count). The summed E-state index contributed by atoms with van der Waals surface area (Å²) < 4.78 is 7.45. The number of aryl methyl sites for hydroxylation is 1. The highest BCUT2D eigenvalue weighted by molar-refractivity contribution is 6.07. The first kappa shape index (κ1) is 17.2. The van der Waals surface area contributed by atoms with Gasteiger partial charge in [0.15, 0.2) is 11.4 Å².